The summed E-state index contributed by atoms with van der Waals surface area (Å²) in [6.45, 7) is 8.35. The topological polar surface area (TPSA) is 18.5 Å². The van der Waals surface area contributed by atoms with Gasteiger partial charge in [-0.15, -0.1) is 0 Å². The van der Waals surface area contributed by atoms with Gasteiger partial charge in [-0.2, -0.15) is 0 Å². The third-order valence-electron chi connectivity index (χ3n) is 3.80. The first-order chi connectivity index (χ1) is 9.41. The zero-order valence-electron chi connectivity index (χ0n) is 12.7. The summed E-state index contributed by atoms with van der Waals surface area (Å²) in [6.07, 6.45) is 4.28. The number of aryl methyl sites for hydroxylation is 2. The van der Waals surface area contributed by atoms with Gasteiger partial charge >= 0.3 is 0 Å². The molecule has 3 rings (SSSR count). The Morgan fingerprint density at radius 3 is 2.50 bits per heavy atom. The molecule has 1 heterocycles. The van der Waals surface area contributed by atoms with Crippen LogP contribution in [0.15, 0.2) is 24.3 Å². The first kappa shape index (κ1) is 13.0. The van der Waals surface area contributed by atoms with Crippen LogP contribution in [0, 0.1) is 13.8 Å². The zero-order chi connectivity index (χ0) is 14.5. The van der Waals surface area contributed by atoms with E-state index in [-0.39, 0.29) is 5.60 Å². The molecular formula is C18H20O2. The lowest BCUT2D eigenvalue weighted by atomic mass is 9.94. The first-order valence-corrected chi connectivity index (χ1v) is 6.91. The largest absolute Gasteiger partial charge is 0.496 e. The Hall–Kier alpha value is -1.96. The van der Waals surface area contributed by atoms with Crippen molar-refractivity contribution in [2.75, 3.05) is 7.11 Å². The first-order valence-electron chi connectivity index (χ1n) is 6.91. The Bertz CT molecular complexity index is 724. The van der Waals surface area contributed by atoms with E-state index in [1.807, 2.05) is 0 Å². The van der Waals surface area contributed by atoms with Gasteiger partial charge < -0.3 is 9.47 Å². The predicted molar refractivity (Wildman–Crippen MR) is 83.7 cm³/mol. The van der Waals surface area contributed by atoms with Crippen LogP contribution < -0.4 is 9.47 Å². The molecule has 1 aliphatic rings. The van der Waals surface area contributed by atoms with Gasteiger partial charge in [0.05, 0.1) is 7.11 Å². The highest BCUT2D eigenvalue weighted by molar-refractivity contribution is 5.98. The molecule has 0 aliphatic carbocycles. The molecule has 0 radical (unpaired) electrons. The van der Waals surface area contributed by atoms with Crippen molar-refractivity contribution in [3.05, 3.63) is 41.0 Å². The van der Waals surface area contributed by atoms with Crippen LogP contribution >= 0.6 is 0 Å². The SMILES string of the molecule is COc1cc(C)cc2c3c(c(C)cc12)C=CC(C)(C)O3. The molecule has 0 saturated heterocycles. The van der Waals surface area contributed by atoms with Crippen LogP contribution in [0.1, 0.15) is 30.5 Å². The van der Waals surface area contributed by atoms with E-state index in [0.717, 1.165) is 22.3 Å². The highest BCUT2D eigenvalue weighted by atomic mass is 16.5. The fourth-order valence-electron chi connectivity index (χ4n) is 2.79. The van der Waals surface area contributed by atoms with Crippen molar-refractivity contribution in [1.82, 2.24) is 0 Å². The molecule has 20 heavy (non-hydrogen) atoms. The normalized spacial score (nSPS) is 15.8. The molecule has 0 fully saturated rings. The summed E-state index contributed by atoms with van der Waals surface area (Å²) in [6, 6.07) is 6.42. The van der Waals surface area contributed by atoms with E-state index in [4.69, 9.17) is 9.47 Å². The Morgan fingerprint density at radius 2 is 1.80 bits per heavy atom. The number of ether oxygens (including phenoxy) is 2. The lowest BCUT2D eigenvalue weighted by Gasteiger charge is -2.30. The maximum absolute atomic E-state index is 6.23. The molecule has 0 spiro atoms. The minimum Gasteiger partial charge on any atom is -0.496 e. The smallest absolute Gasteiger partial charge is 0.136 e. The fourth-order valence-corrected chi connectivity index (χ4v) is 2.79. The highest BCUT2D eigenvalue weighted by Crippen LogP contribution is 2.42. The molecular weight excluding hydrogens is 248 g/mol. The molecule has 0 amide bonds. The number of fused-ring (bicyclic) bond motifs is 3. The summed E-state index contributed by atoms with van der Waals surface area (Å²) in [5, 5.41) is 2.24. The van der Waals surface area contributed by atoms with Gasteiger partial charge in [-0.25, -0.2) is 0 Å². The van der Waals surface area contributed by atoms with Crippen molar-refractivity contribution in [2.45, 2.75) is 33.3 Å². The molecule has 104 valence electrons. The van der Waals surface area contributed by atoms with E-state index in [1.165, 1.54) is 16.7 Å². The predicted octanol–water partition coefficient (Wildman–Crippen LogP) is 4.65. The Labute approximate surface area is 120 Å². The molecule has 0 bridgehead atoms. The number of benzene rings is 2. The van der Waals surface area contributed by atoms with Crippen LogP contribution in [0.4, 0.5) is 0 Å². The molecule has 2 heteroatoms. The van der Waals surface area contributed by atoms with Gasteiger partial charge in [-0.3, -0.25) is 0 Å². The second-order valence-electron chi connectivity index (χ2n) is 6.04. The van der Waals surface area contributed by atoms with Crippen molar-refractivity contribution in [2.24, 2.45) is 0 Å². The van der Waals surface area contributed by atoms with Crippen molar-refractivity contribution in [3.63, 3.8) is 0 Å². The van der Waals surface area contributed by atoms with Crippen molar-refractivity contribution in [3.8, 4) is 11.5 Å². The average molecular weight is 268 g/mol. The van der Waals surface area contributed by atoms with Gasteiger partial charge in [-0.1, -0.05) is 6.08 Å². The minimum atomic E-state index is -0.273. The lowest BCUT2D eigenvalue weighted by Crippen LogP contribution is -2.27. The Balaban J connectivity index is 2.41. The summed E-state index contributed by atoms with van der Waals surface area (Å²) in [5.41, 5.74) is 3.28. The molecule has 2 aromatic rings. The second kappa shape index (κ2) is 4.27. The van der Waals surface area contributed by atoms with Crippen LogP contribution in [-0.4, -0.2) is 12.7 Å². The van der Waals surface area contributed by atoms with Gasteiger partial charge in [0, 0.05) is 16.3 Å². The summed E-state index contributed by atoms with van der Waals surface area (Å²) in [4.78, 5) is 0. The van der Waals surface area contributed by atoms with Crippen molar-refractivity contribution < 1.29 is 9.47 Å². The second-order valence-corrected chi connectivity index (χ2v) is 6.04. The quantitative estimate of drug-likeness (QED) is 0.749. The van der Waals surface area contributed by atoms with Crippen LogP contribution in [0.2, 0.25) is 0 Å². The molecule has 1 aliphatic heterocycles. The molecule has 0 atom stereocenters. The van der Waals surface area contributed by atoms with Crippen molar-refractivity contribution >= 4 is 16.8 Å². The summed E-state index contributed by atoms with van der Waals surface area (Å²) in [5.74, 6) is 1.87. The number of hydrogen-bond acceptors (Lipinski definition) is 2. The van der Waals surface area contributed by atoms with Gasteiger partial charge in [0.15, 0.2) is 0 Å². The zero-order valence-corrected chi connectivity index (χ0v) is 12.7. The number of rotatable bonds is 1. The van der Waals surface area contributed by atoms with E-state index < -0.39 is 0 Å². The van der Waals surface area contributed by atoms with Crippen molar-refractivity contribution in [1.29, 1.82) is 0 Å². The molecule has 0 saturated carbocycles. The third-order valence-corrected chi connectivity index (χ3v) is 3.80. The average Bonchev–Trinajstić information content (AvgIpc) is 2.38. The molecule has 0 unspecified atom stereocenters. The fraction of sp³-hybridized carbons (Fsp3) is 0.333. The Morgan fingerprint density at radius 1 is 1.05 bits per heavy atom. The lowest BCUT2D eigenvalue weighted by molar-refractivity contribution is 0.161. The molecule has 0 aromatic heterocycles. The standard InChI is InChI=1S/C18H20O2/c1-11-8-15-14(16(9-11)19-5)10-12(2)13-6-7-18(3,4)20-17(13)15/h6-10H,1-5H3. The summed E-state index contributed by atoms with van der Waals surface area (Å²) in [7, 11) is 1.72. The summed E-state index contributed by atoms with van der Waals surface area (Å²) < 4.78 is 11.8. The molecule has 0 N–H and O–H groups in total. The van der Waals surface area contributed by atoms with Gasteiger partial charge in [-0.05, 0) is 63.1 Å². The number of methoxy groups -OCH3 is 1. The van der Waals surface area contributed by atoms with Gasteiger partial charge in [0.1, 0.15) is 17.1 Å². The van der Waals surface area contributed by atoms with E-state index in [2.05, 4.69) is 58.0 Å². The van der Waals surface area contributed by atoms with Crippen LogP contribution in [-0.2, 0) is 0 Å². The third kappa shape index (κ3) is 1.96. The van der Waals surface area contributed by atoms with E-state index in [9.17, 15) is 0 Å². The van der Waals surface area contributed by atoms with E-state index >= 15 is 0 Å². The maximum Gasteiger partial charge on any atom is 0.136 e. The van der Waals surface area contributed by atoms with E-state index in [0.29, 0.717) is 0 Å². The molecule has 2 nitrogen and oxygen atoms in total. The maximum atomic E-state index is 6.23. The molecule has 2 aromatic carbocycles. The van der Waals surface area contributed by atoms with E-state index in [1.54, 1.807) is 7.11 Å². The van der Waals surface area contributed by atoms with Crippen LogP contribution in [0.3, 0.4) is 0 Å². The Kier molecular flexibility index (Phi) is 2.79. The summed E-state index contributed by atoms with van der Waals surface area (Å²) >= 11 is 0. The monoisotopic (exact) mass is 268 g/mol. The minimum absolute atomic E-state index is 0.273. The highest BCUT2D eigenvalue weighted by Gasteiger charge is 2.25. The number of hydrogen-bond donors (Lipinski definition) is 0. The van der Waals surface area contributed by atoms with Crippen LogP contribution in [0.25, 0.3) is 16.8 Å². The van der Waals surface area contributed by atoms with Gasteiger partial charge in [0.25, 0.3) is 0 Å². The van der Waals surface area contributed by atoms with Crippen LogP contribution in [0.5, 0.6) is 11.5 Å². The van der Waals surface area contributed by atoms with Gasteiger partial charge in [0.2, 0.25) is 0 Å².